The molecule has 0 aliphatic carbocycles. The highest BCUT2D eigenvalue weighted by atomic mass is 19.1. The summed E-state index contributed by atoms with van der Waals surface area (Å²) in [6, 6.07) is 6.59. The van der Waals surface area contributed by atoms with E-state index in [1.807, 2.05) is 17.9 Å². The SMILES string of the molecule is Cc1nc2nccc(C3CCCN(C(=O)c4cccc(F)c4C)C3)n2n1. The standard InChI is InChI=1S/C19H20FN5O/c1-12-15(6-3-7-16(12)20)18(26)24-10-4-5-14(11-24)17-8-9-21-19-22-13(2)23-25(17)19/h3,6-9,14H,4-5,10-11H2,1-2H3. The molecular weight excluding hydrogens is 333 g/mol. The van der Waals surface area contributed by atoms with E-state index < -0.39 is 0 Å². The van der Waals surface area contributed by atoms with Gasteiger partial charge in [-0.15, -0.1) is 0 Å². The van der Waals surface area contributed by atoms with Crippen LogP contribution >= 0.6 is 0 Å². The van der Waals surface area contributed by atoms with Crippen molar-refractivity contribution in [1.29, 1.82) is 0 Å². The molecule has 1 saturated heterocycles. The van der Waals surface area contributed by atoms with E-state index in [2.05, 4.69) is 15.1 Å². The number of halogens is 1. The molecule has 1 amide bonds. The van der Waals surface area contributed by atoms with Crippen LogP contribution in [0.5, 0.6) is 0 Å². The Morgan fingerprint density at radius 2 is 2.12 bits per heavy atom. The van der Waals surface area contributed by atoms with E-state index in [0.29, 0.717) is 35.8 Å². The van der Waals surface area contributed by atoms with Gasteiger partial charge >= 0.3 is 0 Å². The molecule has 4 rings (SSSR count). The molecule has 1 unspecified atom stereocenters. The van der Waals surface area contributed by atoms with Crippen molar-refractivity contribution in [3.8, 4) is 0 Å². The molecule has 6 nitrogen and oxygen atoms in total. The van der Waals surface area contributed by atoms with Gasteiger partial charge in [-0.3, -0.25) is 4.79 Å². The number of likely N-dealkylation sites (tertiary alicyclic amines) is 1. The Bertz CT molecular complexity index is 983. The lowest BCUT2D eigenvalue weighted by Gasteiger charge is -2.33. The van der Waals surface area contributed by atoms with Gasteiger partial charge in [-0.25, -0.2) is 13.9 Å². The topological polar surface area (TPSA) is 63.4 Å². The maximum Gasteiger partial charge on any atom is 0.254 e. The summed E-state index contributed by atoms with van der Waals surface area (Å²) in [4.78, 5) is 23.3. The molecule has 3 aromatic rings. The van der Waals surface area contributed by atoms with Crippen molar-refractivity contribution in [2.45, 2.75) is 32.6 Å². The molecule has 1 fully saturated rings. The predicted octanol–water partition coefficient (Wildman–Crippen LogP) is 2.90. The molecule has 1 aliphatic rings. The molecule has 7 heteroatoms. The fourth-order valence-corrected chi connectivity index (χ4v) is 3.63. The Kier molecular flexibility index (Phi) is 4.14. The van der Waals surface area contributed by atoms with Gasteiger partial charge in [0, 0.05) is 30.8 Å². The largest absolute Gasteiger partial charge is 0.338 e. The fraction of sp³-hybridized carbons (Fsp3) is 0.368. The van der Waals surface area contributed by atoms with Crippen molar-refractivity contribution in [2.24, 2.45) is 0 Å². The van der Waals surface area contributed by atoms with Crippen molar-refractivity contribution in [2.75, 3.05) is 13.1 Å². The number of hydrogen-bond donors (Lipinski definition) is 0. The van der Waals surface area contributed by atoms with Gasteiger partial charge in [-0.1, -0.05) is 6.07 Å². The van der Waals surface area contributed by atoms with Gasteiger partial charge in [0.05, 0.1) is 5.69 Å². The predicted molar refractivity (Wildman–Crippen MR) is 94.5 cm³/mol. The fourth-order valence-electron chi connectivity index (χ4n) is 3.63. The summed E-state index contributed by atoms with van der Waals surface area (Å²) in [7, 11) is 0. The third-order valence-corrected chi connectivity index (χ3v) is 5.00. The number of fused-ring (bicyclic) bond motifs is 1. The molecule has 0 saturated carbocycles. The zero-order chi connectivity index (χ0) is 18.3. The molecule has 0 bridgehead atoms. The van der Waals surface area contributed by atoms with Gasteiger partial charge in [0.2, 0.25) is 0 Å². The Morgan fingerprint density at radius 3 is 2.96 bits per heavy atom. The van der Waals surface area contributed by atoms with Crippen LogP contribution in [0.3, 0.4) is 0 Å². The normalized spacial score (nSPS) is 17.7. The molecule has 0 radical (unpaired) electrons. The summed E-state index contributed by atoms with van der Waals surface area (Å²) in [5, 5.41) is 4.43. The van der Waals surface area contributed by atoms with E-state index in [1.165, 1.54) is 6.07 Å². The van der Waals surface area contributed by atoms with Crippen LogP contribution in [0.2, 0.25) is 0 Å². The maximum absolute atomic E-state index is 13.8. The van der Waals surface area contributed by atoms with Gasteiger partial charge in [-0.2, -0.15) is 10.1 Å². The monoisotopic (exact) mass is 353 g/mol. The zero-order valence-corrected chi connectivity index (χ0v) is 14.8. The van der Waals surface area contributed by atoms with Crippen LogP contribution in [0.15, 0.2) is 30.5 Å². The summed E-state index contributed by atoms with van der Waals surface area (Å²) < 4.78 is 15.6. The Labute approximate surface area is 150 Å². The summed E-state index contributed by atoms with van der Waals surface area (Å²) >= 11 is 0. The number of carbonyl (C=O) groups excluding carboxylic acids is 1. The summed E-state index contributed by atoms with van der Waals surface area (Å²) in [6.45, 7) is 4.74. The van der Waals surface area contributed by atoms with Gasteiger partial charge in [0.1, 0.15) is 11.6 Å². The van der Waals surface area contributed by atoms with Gasteiger partial charge in [0.25, 0.3) is 11.7 Å². The quantitative estimate of drug-likeness (QED) is 0.711. The molecule has 134 valence electrons. The van der Waals surface area contributed by atoms with Crippen molar-refractivity contribution in [1.82, 2.24) is 24.5 Å². The van der Waals surface area contributed by atoms with E-state index in [1.54, 1.807) is 29.8 Å². The number of nitrogens with zero attached hydrogens (tertiary/aromatic N) is 5. The molecule has 3 heterocycles. The van der Waals surface area contributed by atoms with E-state index in [9.17, 15) is 9.18 Å². The zero-order valence-electron chi connectivity index (χ0n) is 14.8. The van der Waals surface area contributed by atoms with Crippen molar-refractivity contribution in [3.63, 3.8) is 0 Å². The number of carbonyl (C=O) groups is 1. The Balaban J connectivity index is 1.63. The van der Waals surface area contributed by atoms with Crippen LogP contribution in [0.25, 0.3) is 5.78 Å². The number of aromatic nitrogens is 4. The average Bonchev–Trinajstić information content (AvgIpc) is 3.03. The second-order valence-electron chi connectivity index (χ2n) is 6.74. The van der Waals surface area contributed by atoms with Crippen LogP contribution < -0.4 is 0 Å². The summed E-state index contributed by atoms with van der Waals surface area (Å²) in [6.07, 6.45) is 3.59. The van der Waals surface area contributed by atoms with E-state index in [4.69, 9.17) is 0 Å². The number of benzene rings is 1. The highest BCUT2D eigenvalue weighted by Gasteiger charge is 2.28. The minimum absolute atomic E-state index is 0.119. The van der Waals surface area contributed by atoms with Gasteiger partial charge < -0.3 is 4.90 Å². The van der Waals surface area contributed by atoms with E-state index in [-0.39, 0.29) is 17.6 Å². The molecular formula is C19H20FN5O. The lowest BCUT2D eigenvalue weighted by atomic mass is 9.93. The average molecular weight is 353 g/mol. The van der Waals surface area contributed by atoms with Crippen LogP contribution in [0.4, 0.5) is 4.39 Å². The highest BCUT2D eigenvalue weighted by molar-refractivity contribution is 5.95. The van der Waals surface area contributed by atoms with Crippen molar-refractivity contribution < 1.29 is 9.18 Å². The molecule has 0 spiro atoms. The lowest BCUT2D eigenvalue weighted by molar-refractivity contribution is 0.0704. The second-order valence-corrected chi connectivity index (χ2v) is 6.74. The first-order chi connectivity index (χ1) is 12.5. The van der Waals surface area contributed by atoms with Crippen LogP contribution in [-0.2, 0) is 0 Å². The maximum atomic E-state index is 13.8. The summed E-state index contributed by atoms with van der Waals surface area (Å²) in [5.74, 6) is 0.923. The Morgan fingerprint density at radius 1 is 1.27 bits per heavy atom. The number of hydrogen-bond acceptors (Lipinski definition) is 4. The third kappa shape index (κ3) is 2.83. The number of piperidine rings is 1. The first kappa shape index (κ1) is 16.6. The number of rotatable bonds is 2. The van der Waals surface area contributed by atoms with E-state index >= 15 is 0 Å². The number of aryl methyl sites for hydroxylation is 1. The smallest absolute Gasteiger partial charge is 0.254 e. The first-order valence-electron chi connectivity index (χ1n) is 8.77. The molecule has 26 heavy (non-hydrogen) atoms. The first-order valence-corrected chi connectivity index (χ1v) is 8.77. The van der Waals surface area contributed by atoms with Crippen LogP contribution in [0, 0.1) is 19.7 Å². The summed E-state index contributed by atoms with van der Waals surface area (Å²) in [5.41, 5.74) is 1.84. The highest BCUT2D eigenvalue weighted by Crippen LogP contribution is 2.28. The van der Waals surface area contributed by atoms with Gasteiger partial charge in [-0.05, 0) is 50.5 Å². The molecule has 1 atom stereocenters. The molecule has 2 aromatic heterocycles. The van der Waals surface area contributed by atoms with Crippen LogP contribution in [0.1, 0.15) is 46.2 Å². The van der Waals surface area contributed by atoms with Crippen LogP contribution in [-0.4, -0.2) is 43.5 Å². The molecule has 1 aliphatic heterocycles. The third-order valence-electron chi connectivity index (χ3n) is 5.00. The second kappa shape index (κ2) is 6.48. The molecule has 0 N–H and O–H groups in total. The van der Waals surface area contributed by atoms with Crippen molar-refractivity contribution in [3.05, 3.63) is 58.9 Å². The minimum atomic E-state index is -0.349. The van der Waals surface area contributed by atoms with E-state index in [0.717, 1.165) is 18.5 Å². The molecule has 1 aromatic carbocycles. The van der Waals surface area contributed by atoms with Gasteiger partial charge in [0.15, 0.2) is 0 Å². The lowest BCUT2D eigenvalue weighted by Crippen LogP contribution is -2.40. The Hall–Kier alpha value is -2.83. The minimum Gasteiger partial charge on any atom is -0.338 e. The van der Waals surface area contributed by atoms with Crippen molar-refractivity contribution >= 4 is 11.7 Å². The number of amides is 1.